The smallest absolute Gasteiger partial charge is 0.219 e. The number of hydrogen-bond acceptors (Lipinski definition) is 2. The Morgan fingerprint density at radius 1 is 1.50 bits per heavy atom. The quantitative estimate of drug-likeness (QED) is 0.543. The van der Waals surface area contributed by atoms with Crippen molar-refractivity contribution in [3.05, 3.63) is 0 Å². The number of carbonyl (C=O) groups is 1. The molecule has 0 aromatic carbocycles. The zero-order chi connectivity index (χ0) is 7.82. The normalized spacial score (nSPS) is 9.40. The summed E-state index contributed by atoms with van der Waals surface area (Å²) < 4.78 is 0. The fraction of sp³-hybridized carbons (Fsp3) is 0.857. The third-order valence-electron chi connectivity index (χ3n) is 1.27. The molecule has 1 amide bonds. The Balaban J connectivity index is 2.96. The van der Waals surface area contributed by atoms with Gasteiger partial charge in [-0.2, -0.15) is 0 Å². The topological polar surface area (TPSA) is 55.1 Å². The Hall–Kier alpha value is -0.570. The first-order chi connectivity index (χ1) is 4.81. The van der Waals surface area contributed by atoms with E-state index >= 15 is 0 Å². The van der Waals surface area contributed by atoms with Crippen LogP contribution in [-0.4, -0.2) is 19.0 Å². The summed E-state index contributed by atoms with van der Waals surface area (Å²) in [5, 5.41) is 2.77. The fourth-order valence-corrected chi connectivity index (χ4v) is 0.622. The zero-order valence-corrected chi connectivity index (χ0v) is 6.52. The van der Waals surface area contributed by atoms with Gasteiger partial charge in [-0.15, -0.1) is 0 Å². The molecule has 0 unspecified atom stereocenters. The molecule has 0 fully saturated rings. The summed E-state index contributed by atoms with van der Waals surface area (Å²) in [6.07, 6.45) is 2.55. The van der Waals surface area contributed by atoms with Crippen molar-refractivity contribution in [2.75, 3.05) is 13.1 Å². The lowest BCUT2D eigenvalue weighted by Gasteiger charge is -2.00. The lowest BCUT2D eigenvalue weighted by Crippen LogP contribution is -2.23. The predicted octanol–water partition coefficient (Wildman–Crippen LogP) is 0.251. The van der Waals surface area contributed by atoms with Crippen LogP contribution in [0.3, 0.4) is 0 Å². The highest BCUT2D eigenvalue weighted by atomic mass is 16.1. The van der Waals surface area contributed by atoms with Crippen molar-refractivity contribution in [1.82, 2.24) is 5.32 Å². The Morgan fingerprint density at radius 2 is 2.20 bits per heavy atom. The molecule has 60 valence electrons. The molecule has 0 radical (unpaired) electrons. The molecule has 0 aromatic heterocycles. The number of unbranched alkanes of at least 4 members (excludes halogenated alkanes) is 1. The minimum absolute atomic E-state index is 0.122. The van der Waals surface area contributed by atoms with Gasteiger partial charge in [-0.1, -0.05) is 6.92 Å². The number of nitrogens with two attached hydrogens (primary N) is 1. The van der Waals surface area contributed by atoms with Crippen molar-refractivity contribution in [2.45, 2.75) is 26.2 Å². The van der Waals surface area contributed by atoms with Gasteiger partial charge in [0.05, 0.1) is 0 Å². The largest absolute Gasteiger partial charge is 0.356 e. The minimum atomic E-state index is 0.122. The van der Waals surface area contributed by atoms with Crippen molar-refractivity contribution >= 4 is 5.91 Å². The van der Waals surface area contributed by atoms with Gasteiger partial charge in [-0.25, -0.2) is 0 Å². The third-order valence-corrected chi connectivity index (χ3v) is 1.27. The van der Waals surface area contributed by atoms with Crippen molar-refractivity contribution in [3.63, 3.8) is 0 Å². The van der Waals surface area contributed by atoms with Crippen molar-refractivity contribution in [3.8, 4) is 0 Å². The molecule has 3 heteroatoms. The van der Waals surface area contributed by atoms with Crippen LogP contribution in [0.1, 0.15) is 26.2 Å². The zero-order valence-electron chi connectivity index (χ0n) is 6.52. The number of nitrogens with one attached hydrogen (secondary N) is 1. The van der Waals surface area contributed by atoms with Crippen LogP contribution in [-0.2, 0) is 4.79 Å². The number of hydrogen-bond donors (Lipinski definition) is 2. The van der Waals surface area contributed by atoms with E-state index in [2.05, 4.69) is 5.32 Å². The van der Waals surface area contributed by atoms with E-state index in [0.29, 0.717) is 13.0 Å². The second-order valence-electron chi connectivity index (χ2n) is 2.20. The maximum atomic E-state index is 10.6. The number of amides is 1. The van der Waals surface area contributed by atoms with Crippen LogP contribution < -0.4 is 11.1 Å². The standard InChI is InChI=1S/C7H16N2O/c1-2-7(10)9-6-4-3-5-8/h2-6,8H2,1H3,(H,9,10). The third kappa shape index (κ3) is 5.56. The van der Waals surface area contributed by atoms with Crippen molar-refractivity contribution in [2.24, 2.45) is 5.73 Å². The summed E-state index contributed by atoms with van der Waals surface area (Å²) in [6, 6.07) is 0. The molecular weight excluding hydrogens is 128 g/mol. The first kappa shape index (κ1) is 9.43. The van der Waals surface area contributed by atoms with E-state index < -0.39 is 0 Å². The molecule has 0 saturated carbocycles. The van der Waals surface area contributed by atoms with Gasteiger partial charge >= 0.3 is 0 Å². The van der Waals surface area contributed by atoms with Crippen LogP contribution in [0.4, 0.5) is 0 Å². The van der Waals surface area contributed by atoms with Gasteiger partial charge in [0.2, 0.25) is 5.91 Å². The first-order valence-corrected chi connectivity index (χ1v) is 3.78. The highest BCUT2D eigenvalue weighted by Gasteiger charge is 1.93. The monoisotopic (exact) mass is 144 g/mol. The SMILES string of the molecule is CCC(=O)NCCCCN. The van der Waals surface area contributed by atoms with Gasteiger partial charge in [0.15, 0.2) is 0 Å². The summed E-state index contributed by atoms with van der Waals surface area (Å²) >= 11 is 0. The van der Waals surface area contributed by atoms with Gasteiger partial charge in [0.1, 0.15) is 0 Å². The second-order valence-corrected chi connectivity index (χ2v) is 2.20. The molecule has 0 bridgehead atoms. The van der Waals surface area contributed by atoms with E-state index in [-0.39, 0.29) is 5.91 Å². The molecular formula is C7H16N2O. The van der Waals surface area contributed by atoms with E-state index in [4.69, 9.17) is 5.73 Å². The van der Waals surface area contributed by atoms with Crippen molar-refractivity contribution < 1.29 is 4.79 Å². The van der Waals surface area contributed by atoms with E-state index in [9.17, 15) is 4.79 Å². The Morgan fingerprint density at radius 3 is 2.70 bits per heavy atom. The Bertz CT molecular complexity index is 93.6. The highest BCUT2D eigenvalue weighted by molar-refractivity contribution is 5.75. The number of carbonyl (C=O) groups excluding carboxylic acids is 1. The van der Waals surface area contributed by atoms with Crippen LogP contribution in [0.2, 0.25) is 0 Å². The highest BCUT2D eigenvalue weighted by Crippen LogP contribution is 1.83. The minimum Gasteiger partial charge on any atom is -0.356 e. The van der Waals surface area contributed by atoms with Crippen molar-refractivity contribution in [1.29, 1.82) is 0 Å². The fourth-order valence-electron chi connectivity index (χ4n) is 0.622. The Labute approximate surface area is 62.0 Å². The lowest BCUT2D eigenvalue weighted by molar-refractivity contribution is -0.120. The van der Waals surface area contributed by atoms with Crippen LogP contribution in [0.15, 0.2) is 0 Å². The first-order valence-electron chi connectivity index (χ1n) is 3.78. The Kier molecular flexibility index (Phi) is 6.18. The molecule has 10 heavy (non-hydrogen) atoms. The van der Waals surface area contributed by atoms with Gasteiger partial charge in [-0.05, 0) is 19.4 Å². The average molecular weight is 144 g/mol. The molecule has 0 atom stereocenters. The van der Waals surface area contributed by atoms with Crippen LogP contribution >= 0.6 is 0 Å². The summed E-state index contributed by atoms with van der Waals surface area (Å²) in [5.74, 6) is 0.122. The van der Waals surface area contributed by atoms with Crippen LogP contribution in [0.25, 0.3) is 0 Å². The maximum absolute atomic E-state index is 10.6. The molecule has 0 aliphatic rings. The molecule has 0 aromatic rings. The summed E-state index contributed by atoms with van der Waals surface area (Å²) in [5.41, 5.74) is 5.27. The molecule has 0 rings (SSSR count). The average Bonchev–Trinajstić information content (AvgIpc) is 1.98. The molecule has 0 aliphatic heterocycles. The molecule has 0 spiro atoms. The van der Waals surface area contributed by atoms with Crippen LogP contribution in [0, 0.1) is 0 Å². The van der Waals surface area contributed by atoms with Gasteiger partial charge in [-0.3, -0.25) is 4.79 Å². The molecule has 0 heterocycles. The lowest BCUT2D eigenvalue weighted by atomic mass is 10.3. The van der Waals surface area contributed by atoms with E-state index in [0.717, 1.165) is 19.4 Å². The molecule has 3 N–H and O–H groups in total. The second kappa shape index (κ2) is 6.55. The summed E-state index contributed by atoms with van der Waals surface area (Å²) in [4.78, 5) is 10.6. The molecule has 3 nitrogen and oxygen atoms in total. The van der Waals surface area contributed by atoms with Gasteiger partial charge < -0.3 is 11.1 Å². The van der Waals surface area contributed by atoms with E-state index in [1.807, 2.05) is 6.92 Å². The van der Waals surface area contributed by atoms with Crippen LogP contribution in [0.5, 0.6) is 0 Å². The summed E-state index contributed by atoms with van der Waals surface area (Å²) in [6.45, 7) is 3.32. The maximum Gasteiger partial charge on any atom is 0.219 e. The van der Waals surface area contributed by atoms with E-state index in [1.165, 1.54) is 0 Å². The molecule has 0 saturated heterocycles. The molecule has 0 aliphatic carbocycles. The van der Waals surface area contributed by atoms with Gasteiger partial charge in [0, 0.05) is 13.0 Å². The predicted molar refractivity (Wildman–Crippen MR) is 41.6 cm³/mol. The number of rotatable bonds is 5. The van der Waals surface area contributed by atoms with Gasteiger partial charge in [0.25, 0.3) is 0 Å². The summed E-state index contributed by atoms with van der Waals surface area (Å²) in [7, 11) is 0. The van der Waals surface area contributed by atoms with E-state index in [1.54, 1.807) is 0 Å².